The molecular formula is C27H22ClFN2. The van der Waals surface area contributed by atoms with Crippen molar-refractivity contribution in [2.45, 2.75) is 51.4 Å². The summed E-state index contributed by atoms with van der Waals surface area (Å²) in [4.78, 5) is 3.50. The van der Waals surface area contributed by atoms with Crippen molar-refractivity contribution in [2.75, 3.05) is 0 Å². The minimum Gasteiger partial charge on any atom is -0.353 e. The fourth-order valence-electron chi connectivity index (χ4n) is 6.31. The smallest absolute Gasteiger partial charge is 0.123 e. The molecule has 1 fully saturated rings. The SMILES string of the molecule is Cc1cc(F)cc(C)c1-c1cc(Cl)c2[nH]c3cc(C#N)c4c(c3c2c1)C1CCC4CC1. The van der Waals surface area contributed by atoms with Gasteiger partial charge in [0.05, 0.1) is 22.2 Å². The summed E-state index contributed by atoms with van der Waals surface area (Å²) in [5.74, 6) is 0.780. The van der Waals surface area contributed by atoms with Crippen molar-refractivity contribution in [2.24, 2.45) is 0 Å². The number of nitriles is 1. The van der Waals surface area contributed by atoms with Gasteiger partial charge < -0.3 is 4.98 Å². The topological polar surface area (TPSA) is 39.6 Å². The number of nitrogens with one attached hydrogen (secondary N) is 1. The molecule has 0 unspecified atom stereocenters. The lowest BCUT2D eigenvalue weighted by atomic mass is 9.65. The number of hydrogen-bond donors (Lipinski definition) is 1. The number of halogens is 2. The Morgan fingerprint density at radius 1 is 0.968 bits per heavy atom. The molecule has 7 rings (SSSR count). The highest BCUT2D eigenvalue weighted by atomic mass is 35.5. The van der Waals surface area contributed by atoms with E-state index in [1.54, 1.807) is 12.1 Å². The zero-order valence-electron chi connectivity index (χ0n) is 17.6. The van der Waals surface area contributed by atoms with E-state index in [4.69, 9.17) is 11.6 Å². The first-order chi connectivity index (χ1) is 15.0. The Labute approximate surface area is 185 Å². The second kappa shape index (κ2) is 6.58. The fraction of sp³-hybridized carbons (Fsp3) is 0.296. The molecule has 2 nitrogen and oxygen atoms in total. The number of H-pyrrole nitrogens is 1. The maximum absolute atomic E-state index is 13.9. The van der Waals surface area contributed by atoms with Crippen molar-refractivity contribution in [1.82, 2.24) is 4.98 Å². The molecule has 1 heterocycles. The quantitative estimate of drug-likeness (QED) is 0.327. The molecular weight excluding hydrogens is 407 g/mol. The third kappa shape index (κ3) is 2.61. The number of fused-ring (bicyclic) bond motifs is 5. The first kappa shape index (κ1) is 18.9. The summed E-state index contributed by atoms with van der Waals surface area (Å²) in [6.07, 6.45) is 4.75. The van der Waals surface area contributed by atoms with Gasteiger partial charge in [0.1, 0.15) is 5.82 Å². The van der Waals surface area contributed by atoms with E-state index in [0.29, 0.717) is 16.9 Å². The van der Waals surface area contributed by atoms with Gasteiger partial charge in [-0.2, -0.15) is 5.26 Å². The van der Waals surface area contributed by atoms with E-state index in [1.807, 2.05) is 26.0 Å². The molecule has 1 saturated carbocycles. The van der Waals surface area contributed by atoms with E-state index >= 15 is 0 Å². The average molecular weight is 429 g/mol. The molecule has 0 saturated heterocycles. The number of benzene rings is 3. The molecule has 4 heteroatoms. The zero-order valence-corrected chi connectivity index (χ0v) is 18.3. The van der Waals surface area contributed by atoms with E-state index < -0.39 is 0 Å². The van der Waals surface area contributed by atoms with Crippen LogP contribution < -0.4 is 0 Å². The van der Waals surface area contributed by atoms with Gasteiger partial charge in [-0.1, -0.05) is 11.6 Å². The summed E-state index contributed by atoms with van der Waals surface area (Å²) in [5, 5.41) is 12.8. The minimum absolute atomic E-state index is 0.216. The van der Waals surface area contributed by atoms with Crippen LogP contribution in [0.5, 0.6) is 0 Å². The van der Waals surface area contributed by atoms with E-state index in [9.17, 15) is 9.65 Å². The minimum atomic E-state index is -0.216. The van der Waals surface area contributed by atoms with Gasteiger partial charge in [-0.3, -0.25) is 0 Å². The van der Waals surface area contributed by atoms with Crippen LogP contribution in [-0.2, 0) is 0 Å². The second-order valence-electron chi connectivity index (χ2n) is 9.25. The normalized spacial score (nSPS) is 19.7. The number of hydrogen-bond acceptors (Lipinski definition) is 1. The molecule has 3 aromatic carbocycles. The van der Waals surface area contributed by atoms with Crippen molar-refractivity contribution >= 4 is 33.4 Å². The lowest BCUT2D eigenvalue weighted by Gasteiger charge is -2.39. The summed E-state index contributed by atoms with van der Waals surface area (Å²) in [6, 6.07) is 11.8. The van der Waals surface area contributed by atoms with Crippen LogP contribution in [0, 0.1) is 31.0 Å². The molecule has 4 aromatic rings. The van der Waals surface area contributed by atoms with E-state index in [0.717, 1.165) is 44.2 Å². The molecule has 0 radical (unpaired) electrons. The summed E-state index contributed by atoms with van der Waals surface area (Å²) < 4.78 is 13.9. The first-order valence-corrected chi connectivity index (χ1v) is 11.3. The highest BCUT2D eigenvalue weighted by Gasteiger charge is 2.37. The van der Waals surface area contributed by atoms with Gasteiger partial charge in [0.2, 0.25) is 0 Å². The molecule has 0 spiro atoms. The van der Waals surface area contributed by atoms with Crippen LogP contribution in [0.1, 0.15) is 65.3 Å². The Morgan fingerprint density at radius 2 is 1.61 bits per heavy atom. The van der Waals surface area contributed by atoms with Crippen LogP contribution in [0.2, 0.25) is 5.02 Å². The Morgan fingerprint density at radius 3 is 2.26 bits per heavy atom. The fourth-order valence-corrected chi connectivity index (χ4v) is 6.58. The van der Waals surface area contributed by atoms with Gasteiger partial charge in [-0.15, -0.1) is 0 Å². The van der Waals surface area contributed by atoms with Gasteiger partial charge >= 0.3 is 0 Å². The molecule has 1 N–H and O–H groups in total. The summed E-state index contributed by atoms with van der Waals surface area (Å²) >= 11 is 6.79. The van der Waals surface area contributed by atoms with Gasteiger partial charge in [-0.05, 0) is 115 Å². The molecule has 154 valence electrons. The Balaban J connectivity index is 1.73. The number of aromatic nitrogens is 1. The van der Waals surface area contributed by atoms with Gasteiger partial charge in [0.25, 0.3) is 0 Å². The molecule has 2 bridgehead atoms. The second-order valence-corrected chi connectivity index (χ2v) is 9.66. The standard InChI is InChI=1S/C27H22ClFN2/c1-13-7-19(29)8-14(2)23(13)17-9-20-26-22(31-27(20)21(28)10-17)11-18(12-30)24-15-3-5-16(6-4-15)25(24)26/h7-11,15-16,31H,3-6H2,1-2H3. The van der Waals surface area contributed by atoms with Crippen LogP contribution in [-0.4, -0.2) is 4.98 Å². The first-order valence-electron chi connectivity index (χ1n) is 10.9. The predicted octanol–water partition coefficient (Wildman–Crippen LogP) is 8.02. The van der Waals surface area contributed by atoms with Crippen LogP contribution >= 0.6 is 11.6 Å². The van der Waals surface area contributed by atoms with Gasteiger partial charge in [-0.25, -0.2) is 4.39 Å². The number of nitrogens with zero attached hydrogens (tertiary/aromatic N) is 1. The van der Waals surface area contributed by atoms with Crippen molar-refractivity contribution in [3.05, 3.63) is 69.0 Å². The highest BCUT2D eigenvalue weighted by molar-refractivity contribution is 6.37. The molecule has 1 aromatic heterocycles. The lowest BCUT2D eigenvalue weighted by Crippen LogP contribution is -2.23. The zero-order chi connectivity index (χ0) is 21.4. The highest BCUT2D eigenvalue weighted by Crippen LogP contribution is 2.54. The third-order valence-corrected chi connectivity index (χ3v) is 7.78. The van der Waals surface area contributed by atoms with Crippen molar-refractivity contribution in [3.8, 4) is 17.2 Å². The largest absolute Gasteiger partial charge is 0.353 e. The van der Waals surface area contributed by atoms with E-state index in [2.05, 4.69) is 17.1 Å². The molecule has 0 aliphatic heterocycles. The third-order valence-electron chi connectivity index (χ3n) is 7.48. The van der Waals surface area contributed by atoms with Crippen LogP contribution in [0.15, 0.2) is 30.3 Å². The van der Waals surface area contributed by atoms with Crippen molar-refractivity contribution in [3.63, 3.8) is 0 Å². The van der Waals surface area contributed by atoms with Crippen molar-refractivity contribution in [1.29, 1.82) is 5.26 Å². The molecule has 31 heavy (non-hydrogen) atoms. The Kier molecular flexibility index (Phi) is 4.01. The maximum Gasteiger partial charge on any atom is 0.123 e. The van der Waals surface area contributed by atoms with Crippen molar-refractivity contribution < 1.29 is 4.39 Å². The Bertz CT molecular complexity index is 1430. The number of aromatic amines is 1. The average Bonchev–Trinajstić information content (AvgIpc) is 3.12. The summed E-state index contributed by atoms with van der Waals surface area (Å²) in [5.41, 5.74) is 9.20. The van der Waals surface area contributed by atoms with E-state index in [-0.39, 0.29) is 5.82 Å². The van der Waals surface area contributed by atoms with Crippen LogP contribution in [0.3, 0.4) is 0 Å². The number of rotatable bonds is 1. The lowest BCUT2D eigenvalue weighted by molar-refractivity contribution is 0.361. The summed E-state index contributed by atoms with van der Waals surface area (Å²) in [6.45, 7) is 3.89. The number of aryl methyl sites for hydroxylation is 2. The van der Waals surface area contributed by atoms with Gasteiger partial charge in [0.15, 0.2) is 0 Å². The Hall–Kier alpha value is -2.83. The predicted molar refractivity (Wildman–Crippen MR) is 124 cm³/mol. The summed E-state index contributed by atoms with van der Waals surface area (Å²) in [7, 11) is 0. The maximum atomic E-state index is 13.9. The molecule has 0 amide bonds. The molecule has 3 aliphatic carbocycles. The van der Waals surface area contributed by atoms with Crippen LogP contribution in [0.4, 0.5) is 4.39 Å². The monoisotopic (exact) mass is 428 g/mol. The van der Waals surface area contributed by atoms with E-state index in [1.165, 1.54) is 42.2 Å². The van der Waals surface area contributed by atoms with Gasteiger partial charge in [0, 0.05) is 16.3 Å². The molecule has 3 aliphatic rings. The van der Waals surface area contributed by atoms with Crippen LogP contribution in [0.25, 0.3) is 32.9 Å². The molecule has 0 atom stereocenters.